The maximum Gasteiger partial charge on any atom is 0.244 e. The number of ether oxygens (including phenoxy) is 1. The van der Waals surface area contributed by atoms with E-state index in [1.165, 1.54) is 12.1 Å². The quantitative estimate of drug-likeness (QED) is 0.555. The molecule has 0 atom stereocenters. The summed E-state index contributed by atoms with van der Waals surface area (Å²) in [6.45, 7) is 4.80. The molecule has 3 N–H and O–H groups in total. The third-order valence-corrected chi connectivity index (χ3v) is 4.83. The van der Waals surface area contributed by atoms with Crippen molar-refractivity contribution < 1.29 is 13.2 Å². The zero-order valence-corrected chi connectivity index (χ0v) is 14.4. The van der Waals surface area contributed by atoms with E-state index in [1.807, 2.05) is 13.8 Å². The first-order valence-corrected chi connectivity index (χ1v) is 8.83. The monoisotopic (exact) mass is 354 g/mol. The van der Waals surface area contributed by atoms with Crippen molar-refractivity contribution in [1.29, 1.82) is 0 Å². The standard InChI is InChI=1S/C13H20Cl2N2O3S/c1-9(2)20-6-4-3-5-17-21(18,19)13-11(15)7-10(14)8-12(13)16/h7-9,17H,3-6,16H2,1-2H3. The zero-order chi connectivity index (χ0) is 16.0. The van der Waals surface area contributed by atoms with Crippen LogP contribution in [0.3, 0.4) is 0 Å². The molecule has 0 aromatic heterocycles. The first-order chi connectivity index (χ1) is 9.74. The van der Waals surface area contributed by atoms with Gasteiger partial charge in [-0.15, -0.1) is 0 Å². The lowest BCUT2D eigenvalue weighted by molar-refractivity contribution is 0.0762. The number of nitrogens with two attached hydrogens (primary N) is 1. The van der Waals surface area contributed by atoms with Crippen LogP contribution in [-0.2, 0) is 14.8 Å². The van der Waals surface area contributed by atoms with Gasteiger partial charge in [-0.3, -0.25) is 0 Å². The maximum atomic E-state index is 12.2. The van der Waals surface area contributed by atoms with E-state index in [4.69, 9.17) is 33.7 Å². The van der Waals surface area contributed by atoms with E-state index < -0.39 is 10.0 Å². The van der Waals surface area contributed by atoms with E-state index in [0.29, 0.717) is 24.6 Å². The SMILES string of the molecule is CC(C)OCCCCNS(=O)(=O)c1c(N)cc(Cl)cc1Cl. The normalized spacial score (nSPS) is 12.0. The summed E-state index contributed by atoms with van der Waals surface area (Å²) in [5.41, 5.74) is 5.72. The van der Waals surface area contributed by atoms with Gasteiger partial charge in [0.1, 0.15) is 4.90 Å². The van der Waals surface area contributed by atoms with E-state index in [-0.39, 0.29) is 21.7 Å². The largest absolute Gasteiger partial charge is 0.398 e. The fraction of sp³-hybridized carbons (Fsp3) is 0.538. The minimum absolute atomic E-state index is 0.00985. The van der Waals surface area contributed by atoms with Crippen LogP contribution in [0, 0.1) is 0 Å². The van der Waals surface area contributed by atoms with Crippen molar-refractivity contribution in [2.45, 2.75) is 37.7 Å². The first-order valence-electron chi connectivity index (χ1n) is 6.60. The molecular weight excluding hydrogens is 335 g/mol. The van der Waals surface area contributed by atoms with Gasteiger partial charge in [-0.2, -0.15) is 0 Å². The fourth-order valence-electron chi connectivity index (χ4n) is 1.69. The maximum absolute atomic E-state index is 12.2. The molecule has 0 aliphatic heterocycles. The highest BCUT2D eigenvalue weighted by molar-refractivity contribution is 7.89. The molecular formula is C13H20Cl2N2O3S. The van der Waals surface area contributed by atoms with E-state index in [1.54, 1.807) is 0 Å². The average molecular weight is 355 g/mol. The van der Waals surface area contributed by atoms with Crippen LogP contribution in [0.1, 0.15) is 26.7 Å². The highest BCUT2D eigenvalue weighted by Crippen LogP contribution is 2.30. The van der Waals surface area contributed by atoms with Crippen LogP contribution in [-0.4, -0.2) is 27.7 Å². The van der Waals surface area contributed by atoms with E-state index in [0.717, 1.165) is 6.42 Å². The van der Waals surface area contributed by atoms with Crippen LogP contribution >= 0.6 is 23.2 Å². The topological polar surface area (TPSA) is 81.4 Å². The van der Waals surface area contributed by atoms with Gasteiger partial charge >= 0.3 is 0 Å². The van der Waals surface area contributed by atoms with Crippen molar-refractivity contribution >= 4 is 38.9 Å². The van der Waals surface area contributed by atoms with Crippen LogP contribution in [0.2, 0.25) is 10.0 Å². The molecule has 0 spiro atoms. The Hall–Kier alpha value is -0.530. The average Bonchev–Trinajstić information content (AvgIpc) is 2.31. The summed E-state index contributed by atoms with van der Waals surface area (Å²) in [7, 11) is -3.75. The molecule has 0 fully saturated rings. The highest BCUT2D eigenvalue weighted by Gasteiger charge is 2.21. The Kier molecular flexibility index (Phi) is 7.23. The second kappa shape index (κ2) is 8.19. The summed E-state index contributed by atoms with van der Waals surface area (Å²) in [6.07, 6.45) is 1.61. The van der Waals surface area contributed by atoms with E-state index >= 15 is 0 Å². The molecule has 0 bridgehead atoms. The minimum atomic E-state index is -3.75. The van der Waals surface area contributed by atoms with Gasteiger partial charge < -0.3 is 10.5 Å². The molecule has 0 heterocycles. The predicted octanol–water partition coefficient (Wildman–Crippen LogP) is 3.06. The Balaban J connectivity index is 2.59. The molecule has 1 aromatic rings. The second-order valence-electron chi connectivity index (χ2n) is 4.83. The van der Waals surface area contributed by atoms with Crippen molar-refractivity contribution in [1.82, 2.24) is 4.72 Å². The van der Waals surface area contributed by atoms with Gasteiger partial charge in [0.05, 0.1) is 16.8 Å². The lowest BCUT2D eigenvalue weighted by atomic mass is 10.3. The van der Waals surface area contributed by atoms with Crippen molar-refractivity contribution in [2.75, 3.05) is 18.9 Å². The molecule has 5 nitrogen and oxygen atoms in total. The van der Waals surface area contributed by atoms with Crippen LogP contribution in [0.4, 0.5) is 5.69 Å². The molecule has 120 valence electrons. The van der Waals surface area contributed by atoms with Crippen LogP contribution in [0.5, 0.6) is 0 Å². The van der Waals surface area contributed by atoms with Crippen molar-refractivity contribution in [3.8, 4) is 0 Å². The summed E-state index contributed by atoms with van der Waals surface area (Å²) < 4.78 is 32.2. The van der Waals surface area contributed by atoms with Gasteiger partial charge in [0.15, 0.2) is 0 Å². The number of nitrogen functional groups attached to an aromatic ring is 1. The number of nitrogens with one attached hydrogen (secondary N) is 1. The number of anilines is 1. The molecule has 0 saturated heterocycles. The van der Waals surface area contributed by atoms with E-state index in [9.17, 15) is 8.42 Å². The molecule has 1 aromatic carbocycles. The van der Waals surface area contributed by atoms with Crippen LogP contribution in [0.15, 0.2) is 17.0 Å². The van der Waals surface area contributed by atoms with Gasteiger partial charge in [0.25, 0.3) is 0 Å². The Morgan fingerprint density at radius 2 is 1.95 bits per heavy atom. The number of hydrogen-bond acceptors (Lipinski definition) is 4. The number of benzene rings is 1. The fourth-order valence-corrected chi connectivity index (χ4v) is 3.74. The highest BCUT2D eigenvalue weighted by atomic mass is 35.5. The molecule has 8 heteroatoms. The van der Waals surface area contributed by atoms with Gasteiger partial charge in [0.2, 0.25) is 10.0 Å². The summed E-state index contributed by atoms with van der Waals surface area (Å²) in [6, 6.07) is 2.71. The summed E-state index contributed by atoms with van der Waals surface area (Å²) in [4.78, 5) is -0.132. The number of unbranched alkanes of at least 4 members (excludes halogenated alkanes) is 1. The van der Waals surface area contributed by atoms with Crippen molar-refractivity contribution in [3.05, 3.63) is 22.2 Å². The molecule has 21 heavy (non-hydrogen) atoms. The molecule has 1 rings (SSSR count). The Morgan fingerprint density at radius 1 is 1.29 bits per heavy atom. The predicted molar refractivity (Wildman–Crippen MR) is 86.4 cm³/mol. The van der Waals surface area contributed by atoms with E-state index in [2.05, 4.69) is 4.72 Å². The Bertz CT molecular complexity index is 554. The molecule has 0 amide bonds. The van der Waals surface area contributed by atoms with Crippen molar-refractivity contribution in [2.24, 2.45) is 0 Å². The molecule has 0 radical (unpaired) electrons. The Labute approximate surface area is 135 Å². The van der Waals surface area contributed by atoms with Crippen molar-refractivity contribution in [3.63, 3.8) is 0 Å². The van der Waals surface area contributed by atoms with Gasteiger partial charge in [0, 0.05) is 18.2 Å². The first kappa shape index (κ1) is 18.5. The summed E-state index contributed by atoms with van der Waals surface area (Å²) in [5.74, 6) is 0. The third kappa shape index (κ3) is 6.00. The van der Waals surface area contributed by atoms with Gasteiger partial charge in [-0.25, -0.2) is 13.1 Å². The molecule has 0 unspecified atom stereocenters. The Morgan fingerprint density at radius 3 is 2.52 bits per heavy atom. The number of rotatable bonds is 8. The summed E-state index contributed by atoms with van der Waals surface area (Å²) >= 11 is 11.7. The smallest absolute Gasteiger partial charge is 0.244 e. The zero-order valence-electron chi connectivity index (χ0n) is 12.0. The number of hydrogen-bond donors (Lipinski definition) is 2. The lowest BCUT2D eigenvalue weighted by Gasteiger charge is -2.11. The lowest BCUT2D eigenvalue weighted by Crippen LogP contribution is -2.26. The van der Waals surface area contributed by atoms with Gasteiger partial charge in [-0.05, 0) is 38.8 Å². The van der Waals surface area contributed by atoms with Gasteiger partial charge in [-0.1, -0.05) is 23.2 Å². The summed E-state index contributed by atoms with van der Waals surface area (Å²) in [5, 5.41) is 0.304. The molecule has 0 saturated carbocycles. The van der Waals surface area contributed by atoms with Crippen LogP contribution in [0.25, 0.3) is 0 Å². The van der Waals surface area contributed by atoms with Crippen LogP contribution < -0.4 is 10.5 Å². The molecule has 0 aliphatic rings. The molecule has 0 aliphatic carbocycles. The number of halogens is 2. The minimum Gasteiger partial charge on any atom is -0.398 e. The third-order valence-electron chi connectivity index (χ3n) is 2.62. The second-order valence-corrected chi connectivity index (χ2v) is 7.38. The number of sulfonamides is 1.